The third-order valence-corrected chi connectivity index (χ3v) is 1.95. The van der Waals surface area contributed by atoms with Crippen LogP contribution in [-0.4, -0.2) is 47.3 Å². The molecular weight excluding hydrogens is 254 g/mol. The van der Waals surface area contributed by atoms with E-state index < -0.39 is 35.6 Å². The summed E-state index contributed by atoms with van der Waals surface area (Å²) in [5.41, 5.74) is -0.782. The molecule has 0 aliphatic rings. The Hall–Kier alpha value is -1.63. The number of carboxylic acids is 1. The van der Waals surface area contributed by atoms with Gasteiger partial charge in [0.15, 0.2) is 0 Å². The Kier molecular flexibility index (Phi) is 6.47. The van der Waals surface area contributed by atoms with Gasteiger partial charge in [0.2, 0.25) is 6.04 Å². The summed E-state index contributed by atoms with van der Waals surface area (Å²) < 4.78 is 9.78. The van der Waals surface area contributed by atoms with E-state index in [1.165, 1.54) is 6.92 Å². The first-order valence-corrected chi connectivity index (χ1v) is 5.96. The number of ether oxygens (including phenoxy) is 2. The summed E-state index contributed by atoms with van der Waals surface area (Å²) >= 11 is 0. The first-order valence-electron chi connectivity index (χ1n) is 5.96. The molecule has 0 fully saturated rings. The van der Waals surface area contributed by atoms with E-state index in [2.05, 4.69) is 5.32 Å². The molecule has 0 aromatic heterocycles. The molecule has 0 rings (SSSR count). The highest BCUT2D eigenvalue weighted by Gasteiger charge is 2.34. The smallest absolute Gasteiger partial charge is 0.335 e. The van der Waals surface area contributed by atoms with E-state index in [4.69, 9.17) is 14.6 Å². The maximum absolute atomic E-state index is 11.9. The van der Waals surface area contributed by atoms with Gasteiger partial charge >= 0.3 is 17.9 Å². The summed E-state index contributed by atoms with van der Waals surface area (Å²) in [6.07, 6.45) is 0. The second kappa shape index (κ2) is 7.08. The van der Waals surface area contributed by atoms with Crippen molar-refractivity contribution in [3.63, 3.8) is 0 Å². The minimum Gasteiger partial charge on any atom is -0.480 e. The molecule has 0 radical (unpaired) electrons. The van der Waals surface area contributed by atoms with E-state index >= 15 is 0 Å². The largest absolute Gasteiger partial charge is 0.480 e. The molecule has 7 nitrogen and oxygen atoms in total. The molecule has 19 heavy (non-hydrogen) atoms. The Morgan fingerprint density at radius 1 is 1.21 bits per heavy atom. The van der Waals surface area contributed by atoms with Crippen LogP contribution in [0.15, 0.2) is 0 Å². The summed E-state index contributed by atoms with van der Waals surface area (Å²) in [6, 6.07) is -2.54. The highest BCUT2D eigenvalue weighted by Crippen LogP contribution is 2.09. The van der Waals surface area contributed by atoms with Crippen LogP contribution in [0.5, 0.6) is 0 Å². The Bertz CT molecular complexity index is 347. The highest BCUT2D eigenvalue weighted by molar-refractivity contribution is 5.99. The van der Waals surface area contributed by atoms with Crippen molar-refractivity contribution in [1.82, 2.24) is 5.32 Å². The zero-order valence-electron chi connectivity index (χ0n) is 11.9. The van der Waals surface area contributed by atoms with Gasteiger partial charge in [-0.1, -0.05) is 0 Å². The van der Waals surface area contributed by atoms with Crippen LogP contribution in [0.3, 0.4) is 0 Å². The lowest BCUT2D eigenvalue weighted by Crippen LogP contribution is -2.52. The minimum absolute atomic E-state index is 0.0846. The Labute approximate surface area is 112 Å². The summed E-state index contributed by atoms with van der Waals surface area (Å²) in [6.45, 7) is 7.93. The van der Waals surface area contributed by atoms with Gasteiger partial charge in [0, 0.05) is 0 Å². The van der Waals surface area contributed by atoms with Crippen LogP contribution in [-0.2, 0) is 23.9 Å². The molecule has 2 N–H and O–H groups in total. The van der Waals surface area contributed by atoms with E-state index in [1.54, 1.807) is 27.7 Å². The lowest BCUT2D eigenvalue weighted by atomic mass is 10.2. The molecule has 0 aromatic carbocycles. The third kappa shape index (κ3) is 6.76. The molecule has 0 saturated heterocycles. The second-order valence-electron chi connectivity index (χ2n) is 4.95. The predicted molar refractivity (Wildman–Crippen MR) is 66.5 cm³/mol. The van der Waals surface area contributed by atoms with Crippen molar-refractivity contribution in [3.05, 3.63) is 0 Å². The molecular formula is C12H21NO6. The Morgan fingerprint density at radius 2 is 1.74 bits per heavy atom. The third-order valence-electron chi connectivity index (χ3n) is 1.95. The summed E-state index contributed by atoms with van der Waals surface area (Å²) in [5.74, 6) is -2.90. The standard InChI is InChI=1S/C12H21NO6/c1-6-18-10(16)8(13-7(2)9(14)15)11(17)19-12(3,4)5/h7-8,13H,6H2,1-5H3,(H,14,15). The van der Waals surface area contributed by atoms with Crippen LogP contribution >= 0.6 is 0 Å². The average Bonchev–Trinajstić information content (AvgIpc) is 2.22. The zero-order valence-corrected chi connectivity index (χ0v) is 11.9. The molecule has 0 aromatic rings. The quantitative estimate of drug-likeness (QED) is 0.531. The van der Waals surface area contributed by atoms with Crippen LogP contribution < -0.4 is 5.32 Å². The summed E-state index contributed by atoms with van der Waals surface area (Å²) in [7, 11) is 0. The van der Waals surface area contributed by atoms with Crippen molar-refractivity contribution in [2.75, 3.05) is 6.61 Å². The number of carbonyl (C=O) groups excluding carboxylic acids is 2. The first kappa shape index (κ1) is 17.4. The average molecular weight is 275 g/mol. The van der Waals surface area contributed by atoms with E-state index in [1.807, 2.05) is 0 Å². The number of aliphatic carboxylic acids is 1. The van der Waals surface area contributed by atoms with Gasteiger partial charge in [-0.2, -0.15) is 0 Å². The van der Waals surface area contributed by atoms with Gasteiger partial charge in [-0.3, -0.25) is 10.1 Å². The monoisotopic (exact) mass is 275 g/mol. The fourth-order valence-corrected chi connectivity index (χ4v) is 1.14. The molecule has 7 heteroatoms. The van der Waals surface area contributed by atoms with Crippen molar-refractivity contribution in [2.24, 2.45) is 0 Å². The van der Waals surface area contributed by atoms with Crippen molar-refractivity contribution in [3.8, 4) is 0 Å². The van der Waals surface area contributed by atoms with Gasteiger partial charge in [-0.25, -0.2) is 9.59 Å². The Balaban J connectivity index is 4.90. The fourth-order valence-electron chi connectivity index (χ4n) is 1.14. The molecule has 0 bridgehead atoms. The molecule has 2 unspecified atom stereocenters. The predicted octanol–water partition coefficient (Wildman–Crippen LogP) is 0.323. The van der Waals surface area contributed by atoms with Gasteiger partial charge in [-0.15, -0.1) is 0 Å². The number of hydrogen-bond donors (Lipinski definition) is 2. The van der Waals surface area contributed by atoms with E-state index in [0.29, 0.717) is 0 Å². The van der Waals surface area contributed by atoms with Gasteiger partial charge in [0.25, 0.3) is 0 Å². The number of esters is 2. The summed E-state index contributed by atoms with van der Waals surface area (Å²) in [5, 5.41) is 11.2. The maximum atomic E-state index is 11.9. The number of nitrogens with one attached hydrogen (secondary N) is 1. The number of carboxylic acid groups (broad SMARTS) is 1. The summed E-state index contributed by atoms with van der Waals surface area (Å²) in [4.78, 5) is 34.3. The SMILES string of the molecule is CCOC(=O)C(NC(C)C(=O)O)C(=O)OC(C)(C)C. The van der Waals surface area contributed by atoms with E-state index in [0.717, 1.165) is 0 Å². The highest BCUT2D eigenvalue weighted by atomic mass is 16.6. The molecule has 0 heterocycles. The van der Waals surface area contributed by atoms with Crippen molar-refractivity contribution < 1.29 is 29.0 Å². The molecule has 0 aliphatic carbocycles. The topological polar surface area (TPSA) is 102 Å². The Morgan fingerprint density at radius 3 is 2.11 bits per heavy atom. The number of hydrogen-bond acceptors (Lipinski definition) is 6. The van der Waals surface area contributed by atoms with Crippen LogP contribution in [0.4, 0.5) is 0 Å². The van der Waals surface area contributed by atoms with Crippen molar-refractivity contribution >= 4 is 17.9 Å². The lowest BCUT2D eigenvalue weighted by Gasteiger charge is -2.24. The van der Waals surface area contributed by atoms with Gasteiger partial charge < -0.3 is 14.6 Å². The van der Waals surface area contributed by atoms with E-state index in [9.17, 15) is 14.4 Å². The second-order valence-corrected chi connectivity index (χ2v) is 4.95. The molecule has 2 atom stereocenters. The number of rotatable bonds is 6. The van der Waals surface area contributed by atoms with Gasteiger partial charge in [0.05, 0.1) is 6.61 Å². The van der Waals surface area contributed by atoms with Gasteiger partial charge in [-0.05, 0) is 34.6 Å². The number of carbonyl (C=O) groups is 3. The maximum Gasteiger partial charge on any atom is 0.335 e. The molecule has 0 saturated carbocycles. The van der Waals surface area contributed by atoms with Crippen LogP contribution in [0.25, 0.3) is 0 Å². The van der Waals surface area contributed by atoms with Gasteiger partial charge in [0.1, 0.15) is 11.6 Å². The minimum atomic E-state index is -1.45. The zero-order chi connectivity index (χ0) is 15.2. The lowest BCUT2D eigenvalue weighted by molar-refractivity contribution is -0.165. The van der Waals surface area contributed by atoms with E-state index in [-0.39, 0.29) is 6.61 Å². The molecule has 0 spiro atoms. The molecule has 110 valence electrons. The van der Waals surface area contributed by atoms with Crippen molar-refractivity contribution in [2.45, 2.75) is 52.3 Å². The van der Waals surface area contributed by atoms with Crippen LogP contribution in [0.2, 0.25) is 0 Å². The van der Waals surface area contributed by atoms with Crippen LogP contribution in [0, 0.1) is 0 Å². The molecule has 0 aliphatic heterocycles. The fraction of sp³-hybridized carbons (Fsp3) is 0.750. The van der Waals surface area contributed by atoms with Crippen LogP contribution in [0.1, 0.15) is 34.6 Å². The normalized spacial score (nSPS) is 14.4. The first-order chi connectivity index (χ1) is 8.58. The molecule has 0 amide bonds. The van der Waals surface area contributed by atoms with Crippen molar-refractivity contribution in [1.29, 1.82) is 0 Å².